The lowest BCUT2D eigenvalue weighted by molar-refractivity contribution is 0.00968. The highest BCUT2D eigenvalue weighted by Gasteiger charge is 2.36. The number of aliphatic imine (C=N–C) groups is 1. The van der Waals surface area contributed by atoms with Crippen LogP contribution in [-0.4, -0.2) is 84.0 Å². The van der Waals surface area contributed by atoms with Crippen LogP contribution in [0, 0.1) is 0 Å². The summed E-state index contributed by atoms with van der Waals surface area (Å²) < 4.78 is 28.0. The number of guanidine groups is 1. The molecule has 3 heterocycles. The highest BCUT2D eigenvalue weighted by atomic mass is 16.7. The lowest BCUT2D eigenvalue weighted by Gasteiger charge is -2.40. The summed E-state index contributed by atoms with van der Waals surface area (Å²) in [5.41, 5.74) is 1.26. The molecule has 8 heteroatoms. The van der Waals surface area contributed by atoms with E-state index >= 15 is 0 Å². The first-order valence-corrected chi connectivity index (χ1v) is 11.8. The van der Waals surface area contributed by atoms with E-state index in [0.717, 1.165) is 95.6 Å². The minimum Gasteiger partial charge on any atom is -0.454 e. The number of benzene rings is 1. The first-order valence-electron chi connectivity index (χ1n) is 11.8. The monoisotopic (exact) mass is 447 g/mol. The van der Waals surface area contributed by atoms with E-state index < -0.39 is 0 Å². The summed E-state index contributed by atoms with van der Waals surface area (Å²) in [6.45, 7) is 6.07. The molecule has 0 bridgehead atoms. The van der Waals surface area contributed by atoms with Crippen molar-refractivity contribution < 1.29 is 23.7 Å². The van der Waals surface area contributed by atoms with Gasteiger partial charge < -0.3 is 33.9 Å². The van der Waals surface area contributed by atoms with Crippen molar-refractivity contribution in [2.45, 2.75) is 43.6 Å². The van der Waals surface area contributed by atoms with Crippen molar-refractivity contribution in [1.29, 1.82) is 0 Å². The van der Waals surface area contributed by atoms with Crippen molar-refractivity contribution in [3.8, 4) is 11.5 Å². The summed E-state index contributed by atoms with van der Waals surface area (Å²) in [4.78, 5) is 6.94. The number of hydrogen-bond donors (Lipinski definition) is 1. The van der Waals surface area contributed by atoms with Crippen LogP contribution in [0.25, 0.3) is 0 Å². The van der Waals surface area contributed by atoms with E-state index in [-0.39, 0.29) is 5.41 Å². The molecule has 1 N–H and O–H groups in total. The number of nitrogens with one attached hydrogen (secondary N) is 1. The van der Waals surface area contributed by atoms with Gasteiger partial charge in [-0.15, -0.1) is 0 Å². The zero-order valence-corrected chi connectivity index (χ0v) is 19.4. The standard InChI is InChI=1S/C24H37N3O5/c1-25-23(27-10-6-20(7-11-27)30-13-3-12-28-2)26-17-24(8-14-29-15-9-24)19-4-5-21-22(16-19)32-18-31-21/h4-5,16,20H,3,6-15,17-18H2,1-2H3,(H,25,26). The molecule has 178 valence electrons. The molecule has 1 aromatic rings. The molecule has 32 heavy (non-hydrogen) atoms. The molecule has 4 rings (SSSR count). The van der Waals surface area contributed by atoms with Gasteiger partial charge in [0.05, 0.1) is 6.10 Å². The first-order chi connectivity index (χ1) is 15.7. The summed E-state index contributed by atoms with van der Waals surface area (Å²) in [5.74, 6) is 2.63. The van der Waals surface area contributed by atoms with E-state index in [2.05, 4.69) is 27.3 Å². The van der Waals surface area contributed by atoms with Crippen LogP contribution in [0.4, 0.5) is 0 Å². The number of fused-ring (bicyclic) bond motifs is 1. The van der Waals surface area contributed by atoms with Gasteiger partial charge >= 0.3 is 0 Å². The topological polar surface area (TPSA) is 73.8 Å². The average Bonchev–Trinajstić information content (AvgIpc) is 3.32. The SMILES string of the molecule is CN=C(NCC1(c2ccc3c(c2)OCO3)CCOCC1)N1CCC(OCCCOC)CC1. The van der Waals surface area contributed by atoms with Crippen molar-refractivity contribution >= 4 is 5.96 Å². The predicted molar refractivity (Wildman–Crippen MR) is 123 cm³/mol. The van der Waals surface area contributed by atoms with Gasteiger partial charge in [-0.2, -0.15) is 0 Å². The van der Waals surface area contributed by atoms with Crippen molar-refractivity contribution in [2.75, 3.05) is 67.0 Å². The number of nitrogens with zero attached hydrogens (tertiary/aromatic N) is 2. The molecule has 0 atom stereocenters. The van der Waals surface area contributed by atoms with Crippen LogP contribution in [0.1, 0.15) is 37.7 Å². The lowest BCUT2D eigenvalue weighted by atomic mass is 9.74. The maximum Gasteiger partial charge on any atom is 0.231 e. The largest absolute Gasteiger partial charge is 0.454 e. The molecule has 8 nitrogen and oxygen atoms in total. The fourth-order valence-corrected chi connectivity index (χ4v) is 4.82. The maximum absolute atomic E-state index is 6.01. The van der Waals surface area contributed by atoms with E-state index in [1.807, 2.05) is 13.1 Å². The van der Waals surface area contributed by atoms with Crippen LogP contribution in [0.3, 0.4) is 0 Å². The van der Waals surface area contributed by atoms with E-state index in [9.17, 15) is 0 Å². The Kier molecular flexibility index (Phi) is 8.10. The fourth-order valence-electron chi connectivity index (χ4n) is 4.82. The van der Waals surface area contributed by atoms with Crippen molar-refractivity contribution in [1.82, 2.24) is 10.2 Å². The zero-order chi connectivity index (χ0) is 22.2. The molecule has 0 radical (unpaired) electrons. The zero-order valence-electron chi connectivity index (χ0n) is 19.4. The second-order valence-corrected chi connectivity index (χ2v) is 8.77. The fraction of sp³-hybridized carbons (Fsp3) is 0.708. The van der Waals surface area contributed by atoms with Crippen LogP contribution in [0.15, 0.2) is 23.2 Å². The van der Waals surface area contributed by atoms with Crippen molar-refractivity contribution in [2.24, 2.45) is 4.99 Å². The van der Waals surface area contributed by atoms with Gasteiger partial charge in [-0.3, -0.25) is 4.99 Å². The smallest absolute Gasteiger partial charge is 0.231 e. The summed E-state index contributed by atoms with van der Waals surface area (Å²) in [6, 6.07) is 6.35. The number of hydrogen-bond acceptors (Lipinski definition) is 6. The van der Waals surface area contributed by atoms with Crippen LogP contribution >= 0.6 is 0 Å². The van der Waals surface area contributed by atoms with Crippen molar-refractivity contribution in [3.63, 3.8) is 0 Å². The second kappa shape index (κ2) is 11.2. The highest BCUT2D eigenvalue weighted by molar-refractivity contribution is 5.80. The van der Waals surface area contributed by atoms with Gasteiger partial charge in [0.25, 0.3) is 0 Å². The molecule has 0 amide bonds. The first kappa shape index (κ1) is 23.1. The third-order valence-corrected chi connectivity index (χ3v) is 6.82. The van der Waals surface area contributed by atoms with Gasteiger partial charge in [0.1, 0.15) is 0 Å². The normalized spacial score (nSPS) is 21.1. The predicted octanol–water partition coefficient (Wildman–Crippen LogP) is 2.56. The molecule has 0 spiro atoms. The average molecular weight is 448 g/mol. The van der Waals surface area contributed by atoms with E-state index in [4.69, 9.17) is 23.7 Å². The minimum absolute atomic E-state index is 0.0159. The van der Waals surface area contributed by atoms with Gasteiger partial charge in [0, 0.05) is 65.6 Å². The molecule has 0 saturated carbocycles. The Morgan fingerprint density at radius 3 is 2.69 bits per heavy atom. The molecular formula is C24H37N3O5. The lowest BCUT2D eigenvalue weighted by Crippen LogP contribution is -2.51. The molecular weight excluding hydrogens is 410 g/mol. The Bertz CT molecular complexity index is 758. The van der Waals surface area contributed by atoms with Gasteiger partial charge in [0.2, 0.25) is 6.79 Å². The Labute approximate surface area is 191 Å². The molecule has 3 aliphatic rings. The van der Waals surface area contributed by atoms with Gasteiger partial charge in [-0.1, -0.05) is 6.07 Å². The quantitative estimate of drug-likeness (QED) is 0.373. The second-order valence-electron chi connectivity index (χ2n) is 8.77. The molecule has 0 unspecified atom stereocenters. The summed E-state index contributed by atoms with van der Waals surface area (Å²) in [6.07, 6.45) is 5.26. The highest BCUT2D eigenvalue weighted by Crippen LogP contribution is 2.40. The Balaban J connectivity index is 1.34. The Morgan fingerprint density at radius 2 is 1.94 bits per heavy atom. The van der Waals surface area contributed by atoms with Gasteiger partial charge in [-0.25, -0.2) is 0 Å². The Morgan fingerprint density at radius 1 is 1.16 bits per heavy atom. The van der Waals surface area contributed by atoms with Crippen LogP contribution in [0.2, 0.25) is 0 Å². The van der Waals surface area contributed by atoms with E-state index in [1.165, 1.54) is 5.56 Å². The summed E-state index contributed by atoms with van der Waals surface area (Å²) in [5, 5.41) is 3.68. The third kappa shape index (κ3) is 5.47. The number of ether oxygens (including phenoxy) is 5. The van der Waals surface area contributed by atoms with Crippen LogP contribution in [0.5, 0.6) is 11.5 Å². The van der Waals surface area contributed by atoms with E-state index in [1.54, 1.807) is 7.11 Å². The number of rotatable bonds is 8. The van der Waals surface area contributed by atoms with Gasteiger partial charge in [-0.05, 0) is 49.8 Å². The third-order valence-electron chi connectivity index (χ3n) is 6.82. The van der Waals surface area contributed by atoms with Crippen molar-refractivity contribution in [3.05, 3.63) is 23.8 Å². The molecule has 2 fully saturated rings. The minimum atomic E-state index is -0.0159. The summed E-state index contributed by atoms with van der Waals surface area (Å²) in [7, 11) is 3.60. The summed E-state index contributed by atoms with van der Waals surface area (Å²) >= 11 is 0. The number of piperidine rings is 1. The van der Waals surface area contributed by atoms with Crippen LogP contribution < -0.4 is 14.8 Å². The molecule has 3 aliphatic heterocycles. The number of likely N-dealkylation sites (tertiary alicyclic amines) is 1. The molecule has 2 saturated heterocycles. The maximum atomic E-state index is 6.01. The molecule has 1 aromatic carbocycles. The van der Waals surface area contributed by atoms with E-state index in [0.29, 0.717) is 12.9 Å². The van der Waals surface area contributed by atoms with Gasteiger partial charge in [0.15, 0.2) is 17.5 Å². The number of methoxy groups -OCH3 is 1. The van der Waals surface area contributed by atoms with Crippen LogP contribution in [-0.2, 0) is 19.6 Å². The molecule has 0 aromatic heterocycles. The molecule has 0 aliphatic carbocycles. The Hall–Kier alpha value is -2.03.